The van der Waals surface area contributed by atoms with Crippen molar-refractivity contribution >= 4 is 17.1 Å². The molecule has 0 spiro atoms. The predicted molar refractivity (Wildman–Crippen MR) is 78.1 cm³/mol. The largest absolute Gasteiger partial charge is 0.494 e. The number of ether oxygens (including phenoxy) is 1. The molecule has 1 heterocycles. The van der Waals surface area contributed by atoms with Crippen LogP contribution in [0.1, 0.15) is 35.6 Å². The van der Waals surface area contributed by atoms with Gasteiger partial charge in [-0.25, -0.2) is 4.98 Å². The second-order valence-corrected chi connectivity index (χ2v) is 5.36. The predicted octanol–water partition coefficient (Wildman–Crippen LogP) is 4.11. The van der Waals surface area contributed by atoms with E-state index in [0.717, 1.165) is 39.9 Å². The van der Waals surface area contributed by atoms with Gasteiger partial charge in [0.05, 0.1) is 17.2 Å². The van der Waals surface area contributed by atoms with Crippen LogP contribution in [0.15, 0.2) is 24.3 Å². The molecule has 1 aromatic carbocycles. The molecule has 2 aromatic rings. The number of Topliss-reactive ketones (excluding diaryl/α,β-unsaturated/α-hetero) is 1. The van der Waals surface area contributed by atoms with Gasteiger partial charge < -0.3 is 4.74 Å². The van der Waals surface area contributed by atoms with E-state index in [9.17, 15) is 4.79 Å². The summed E-state index contributed by atoms with van der Waals surface area (Å²) in [5.41, 5.74) is 1.82. The molecule has 0 aliphatic carbocycles. The van der Waals surface area contributed by atoms with Crippen LogP contribution in [0, 0.1) is 6.92 Å². The van der Waals surface area contributed by atoms with E-state index in [1.807, 2.05) is 31.2 Å². The van der Waals surface area contributed by atoms with E-state index >= 15 is 0 Å². The molecule has 0 unspecified atom stereocenters. The number of ketones is 1. The molecular weight excluding hydrogens is 258 g/mol. The van der Waals surface area contributed by atoms with Crippen LogP contribution < -0.4 is 4.74 Å². The molecule has 4 heteroatoms. The van der Waals surface area contributed by atoms with Crippen LogP contribution in [0.2, 0.25) is 0 Å². The SMILES string of the molecule is CCCOc1ccc(-c2nc(C)c(C(C)=O)s2)cc1. The Hall–Kier alpha value is -1.68. The maximum Gasteiger partial charge on any atom is 0.171 e. The number of aromatic nitrogens is 1. The number of hydrogen-bond acceptors (Lipinski definition) is 4. The highest BCUT2D eigenvalue weighted by Crippen LogP contribution is 2.29. The number of carbonyl (C=O) groups is 1. The molecule has 0 bridgehead atoms. The molecule has 100 valence electrons. The number of aryl methyl sites for hydroxylation is 1. The van der Waals surface area contributed by atoms with Gasteiger partial charge in [-0.15, -0.1) is 11.3 Å². The molecule has 1 aromatic heterocycles. The minimum absolute atomic E-state index is 0.0733. The second-order valence-electron chi connectivity index (χ2n) is 4.36. The van der Waals surface area contributed by atoms with Crippen LogP contribution in [0.5, 0.6) is 5.75 Å². The van der Waals surface area contributed by atoms with Gasteiger partial charge in [0, 0.05) is 12.5 Å². The van der Waals surface area contributed by atoms with Gasteiger partial charge in [-0.3, -0.25) is 4.79 Å². The first kappa shape index (κ1) is 13.7. The van der Waals surface area contributed by atoms with Crippen LogP contribution in [0.25, 0.3) is 10.6 Å². The molecule has 0 saturated heterocycles. The average Bonchev–Trinajstić information content (AvgIpc) is 2.79. The monoisotopic (exact) mass is 275 g/mol. The standard InChI is InChI=1S/C15H17NO2S/c1-4-9-18-13-7-5-12(6-8-13)15-16-10(2)14(19-15)11(3)17/h5-8H,4,9H2,1-3H3. The normalized spacial score (nSPS) is 10.5. The Labute approximate surface area is 117 Å². The number of nitrogens with zero attached hydrogens (tertiary/aromatic N) is 1. The van der Waals surface area contributed by atoms with Gasteiger partial charge in [0.25, 0.3) is 0 Å². The molecule has 0 amide bonds. The zero-order valence-electron chi connectivity index (χ0n) is 11.4. The Kier molecular flexibility index (Phi) is 4.32. The van der Waals surface area contributed by atoms with Gasteiger partial charge in [0.15, 0.2) is 5.78 Å². The number of hydrogen-bond donors (Lipinski definition) is 0. The van der Waals surface area contributed by atoms with Crippen LogP contribution in [-0.2, 0) is 0 Å². The molecule has 0 aliphatic heterocycles. The Morgan fingerprint density at radius 3 is 2.53 bits per heavy atom. The minimum atomic E-state index is 0.0733. The fourth-order valence-electron chi connectivity index (χ4n) is 1.76. The highest BCUT2D eigenvalue weighted by atomic mass is 32.1. The van der Waals surface area contributed by atoms with E-state index in [0.29, 0.717) is 0 Å². The molecule has 19 heavy (non-hydrogen) atoms. The summed E-state index contributed by atoms with van der Waals surface area (Å²) in [5, 5.41) is 0.879. The third-order valence-corrected chi connectivity index (χ3v) is 4.00. The van der Waals surface area contributed by atoms with Gasteiger partial charge >= 0.3 is 0 Å². The summed E-state index contributed by atoms with van der Waals surface area (Å²) in [6.45, 7) is 6.25. The Morgan fingerprint density at radius 1 is 1.32 bits per heavy atom. The van der Waals surface area contributed by atoms with E-state index in [1.165, 1.54) is 11.3 Å². The summed E-state index contributed by atoms with van der Waals surface area (Å²) < 4.78 is 5.54. The summed E-state index contributed by atoms with van der Waals surface area (Å²) in [6.07, 6.45) is 0.995. The van der Waals surface area contributed by atoms with Crippen molar-refractivity contribution in [3.8, 4) is 16.3 Å². The maximum absolute atomic E-state index is 11.4. The van der Waals surface area contributed by atoms with Crippen LogP contribution in [-0.4, -0.2) is 17.4 Å². The van der Waals surface area contributed by atoms with Gasteiger partial charge in [-0.05, 0) is 37.6 Å². The number of rotatable bonds is 5. The first-order valence-electron chi connectivity index (χ1n) is 6.33. The first-order valence-corrected chi connectivity index (χ1v) is 7.15. The van der Waals surface area contributed by atoms with E-state index in [-0.39, 0.29) is 5.78 Å². The summed E-state index contributed by atoms with van der Waals surface area (Å²) >= 11 is 1.44. The van der Waals surface area contributed by atoms with E-state index < -0.39 is 0 Å². The van der Waals surface area contributed by atoms with Crippen molar-refractivity contribution < 1.29 is 9.53 Å². The fourth-order valence-corrected chi connectivity index (χ4v) is 2.73. The lowest BCUT2D eigenvalue weighted by Crippen LogP contribution is -1.94. The third kappa shape index (κ3) is 3.20. The lowest BCUT2D eigenvalue weighted by atomic mass is 10.2. The van der Waals surface area contributed by atoms with Gasteiger partial charge in [-0.2, -0.15) is 0 Å². The van der Waals surface area contributed by atoms with E-state index in [1.54, 1.807) is 6.92 Å². The van der Waals surface area contributed by atoms with Crippen molar-refractivity contribution in [2.24, 2.45) is 0 Å². The van der Waals surface area contributed by atoms with Crippen molar-refractivity contribution in [3.63, 3.8) is 0 Å². The lowest BCUT2D eigenvalue weighted by Gasteiger charge is -2.04. The minimum Gasteiger partial charge on any atom is -0.494 e. The molecule has 0 radical (unpaired) electrons. The van der Waals surface area contributed by atoms with Crippen molar-refractivity contribution in [2.45, 2.75) is 27.2 Å². The molecule has 3 nitrogen and oxygen atoms in total. The first-order chi connectivity index (χ1) is 9.11. The third-order valence-electron chi connectivity index (χ3n) is 2.69. The fraction of sp³-hybridized carbons (Fsp3) is 0.333. The Balaban J connectivity index is 2.22. The summed E-state index contributed by atoms with van der Waals surface area (Å²) in [6, 6.07) is 7.84. The average molecular weight is 275 g/mol. The van der Waals surface area contributed by atoms with Crippen molar-refractivity contribution in [2.75, 3.05) is 6.61 Å². The molecule has 0 N–H and O–H groups in total. The molecular formula is C15H17NO2S. The molecule has 0 saturated carbocycles. The number of benzene rings is 1. The number of thiazole rings is 1. The van der Waals surface area contributed by atoms with Gasteiger partial charge in [-0.1, -0.05) is 6.92 Å². The van der Waals surface area contributed by atoms with Crippen LogP contribution >= 0.6 is 11.3 Å². The Morgan fingerprint density at radius 2 is 2.00 bits per heavy atom. The quantitative estimate of drug-likeness (QED) is 0.771. The van der Waals surface area contributed by atoms with E-state index in [4.69, 9.17) is 4.74 Å². The lowest BCUT2D eigenvalue weighted by molar-refractivity contribution is 0.102. The molecule has 0 atom stereocenters. The smallest absolute Gasteiger partial charge is 0.171 e. The van der Waals surface area contributed by atoms with Crippen LogP contribution in [0.4, 0.5) is 0 Å². The van der Waals surface area contributed by atoms with E-state index in [2.05, 4.69) is 11.9 Å². The highest BCUT2D eigenvalue weighted by molar-refractivity contribution is 7.17. The second kappa shape index (κ2) is 5.97. The number of carbonyl (C=O) groups excluding carboxylic acids is 1. The van der Waals surface area contributed by atoms with Crippen molar-refractivity contribution in [3.05, 3.63) is 34.8 Å². The van der Waals surface area contributed by atoms with Crippen LogP contribution in [0.3, 0.4) is 0 Å². The molecule has 2 rings (SSSR count). The van der Waals surface area contributed by atoms with Gasteiger partial charge in [0.1, 0.15) is 10.8 Å². The zero-order chi connectivity index (χ0) is 13.8. The molecule has 0 fully saturated rings. The highest BCUT2D eigenvalue weighted by Gasteiger charge is 2.12. The topological polar surface area (TPSA) is 39.2 Å². The van der Waals surface area contributed by atoms with Gasteiger partial charge in [0.2, 0.25) is 0 Å². The molecule has 0 aliphatic rings. The zero-order valence-corrected chi connectivity index (χ0v) is 12.2. The Bertz CT molecular complexity index is 572. The maximum atomic E-state index is 11.4. The summed E-state index contributed by atoms with van der Waals surface area (Å²) in [4.78, 5) is 16.6. The summed E-state index contributed by atoms with van der Waals surface area (Å²) in [7, 11) is 0. The summed E-state index contributed by atoms with van der Waals surface area (Å²) in [5.74, 6) is 0.940. The van der Waals surface area contributed by atoms with Crippen molar-refractivity contribution in [1.29, 1.82) is 0 Å². The van der Waals surface area contributed by atoms with Crippen molar-refractivity contribution in [1.82, 2.24) is 4.98 Å².